The fourth-order valence-electron chi connectivity index (χ4n) is 5.50. The van der Waals surface area contributed by atoms with Gasteiger partial charge in [0.15, 0.2) is 0 Å². The van der Waals surface area contributed by atoms with E-state index in [1.165, 1.54) is 44.3 Å². The summed E-state index contributed by atoms with van der Waals surface area (Å²) in [6, 6.07) is 4.61. The summed E-state index contributed by atoms with van der Waals surface area (Å²) in [4.78, 5) is 0. The van der Waals surface area contributed by atoms with E-state index < -0.39 is 0 Å². The minimum absolute atomic E-state index is 0.190. The lowest BCUT2D eigenvalue weighted by Gasteiger charge is -2.55. The third kappa shape index (κ3) is 1.96. The normalized spacial score (nSPS) is 41.7. The smallest absolute Gasteiger partial charge is 0.110 e. The van der Waals surface area contributed by atoms with Gasteiger partial charge in [-0.15, -0.1) is 0 Å². The van der Waals surface area contributed by atoms with Crippen molar-refractivity contribution in [2.24, 2.45) is 23.5 Å². The highest BCUT2D eigenvalue weighted by atomic mass is 16.3. The van der Waals surface area contributed by atoms with Gasteiger partial charge in [0.05, 0.1) is 0 Å². The zero-order valence-electron chi connectivity index (χ0n) is 11.9. The number of rotatable bonds is 3. The molecule has 4 saturated carbocycles. The average Bonchev–Trinajstić information content (AvgIpc) is 2.75. The van der Waals surface area contributed by atoms with Crippen molar-refractivity contribution in [2.75, 3.05) is 0 Å². The van der Waals surface area contributed by atoms with Crippen molar-refractivity contribution in [1.29, 1.82) is 0 Å². The Morgan fingerprint density at radius 1 is 1.16 bits per heavy atom. The minimum Gasteiger partial charge on any atom is -0.465 e. The highest BCUT2D eigenvalue weighted by molar-refractivity contribution is 5.23. The van der Waals surface area contributed by atoms with Crippen LogP contribution in [0.5, 0.6) is 0 Å². The minimum atomic E-state index is 0.190. The fourth-order valence-corrected chi connectivity index (χ4v) is 5.50. The van der Waals surface area contributed by atoms with Gasteiger partial charge in [0.1, 0.15) is 11.5 Å². The Balaban J connectivity index is 1.62. The second-order valence-electron chi connectivity index (χ2n) is 7.65. The van der Waals surface area contributed by atoms with E-state index in [2.05, 4.69) is 12.1 Å². The molecule has 1 atom stereocenters. The molecule has 104 valence electrons. The standard InChI is InChI=1S/C17H25NO/c1-11(18)4-15-2-3-16(19-15)17-8-12-5-13(9-17)7-14(6-12)10-17/h2-3,11-14H,4-10,18H2,1H3. The Morgan fingerprint density at radius 2 is 1.74 bits per heavy atom. The maximum absolute atomic E-state index is 6.20. The van der Waals surface area contributed by atoms with Crippen molar-refractivity contribution in [2.45, 2.75) is 63.3 Å². The van der Waals surface area contributed by atoms with Crippen LogP contribution in [0.25, 0.3) is 0 Å². The van der Waals surface area contributed by atoms with Gasteiger partial charge in [0.2, 0.25) is 0 Å². The first kappa shape index (κ1) is 12.0. The molecule has 19 heavy (non-hydrogen) atoms. The predicted octanol–water partition coefficient (Wildman–Crippen LogP) is 3.64. The van der Waals surface area contributed by atoms with Crippen LogP contribution in [0.2, 0.25) is 0 Å². The van der Waals surface area contributed by atoms with Crippen molar-refractivity contribution in [1.82, 2.24) is 0 Å². The second kappa shape index (κ2) is 4.12. The molecule has 2 N–H and O–H groups in total. The van der Waals surface area contributed by atoms with E-state index >= 15 is 0 Å². The highest BCUT2D eigenvalue weighted by Gasteiger charge is 2.53. The van der Waals surface area contributed by atoms with Crippen LogP contribution in [0.1, 0.15) is 57.0 Å². The summed E-state index contributed by atoms with van der Waals surface area (Å²) in [7, 11) is 0. The van der Waals surface area contributed by atoms with Gasteiger partial charge in [-0.25, -0.2) is 0 Å². The third-order valence-corrected chi connectivity index (χ3v) is 5.75. The third-order valence-electron chi connectivity index (χ3n) is 5.75. The van der Waals surface area contributed by atoms with Gasteiger partial charge in [0.25, 0.3) is 0 Å². The van der Waals surface area contributed by atoms with Gasteiger partial charge in [-0.1, -0.05) is 0 Å². The Bertz CT molecular complexity index is 438. The van der Waals surface area contributed by atoms with Gasteiger partial charge >= 0.3 is 0 Å². The van der Waals surface area contributed by atoms with E-state index in [4.69, 9.17) is 10.2 Å². The van der Waals surface area contributed by atoms with Crippen molar-refractivity contribution in [3.63, 3.8) is 0 Å². The van der Waals surface area contributed by atoms with Gasteiger partial charge < -0.3 is 10.2 Å². The molecule has 4 fully saturated rings. The van der Waals surface area contributed by atoms with E-state index in [1.54, 1.807) is 0 Å². The van der Waals surface area contributed by atoms with Crippen LogP contribution in [-0.4, -0.2) is 6.04 Å². The quantitative estimate of drug-likeness (QED) is 0.900. The Morgan fingerprint density at radius 3 is 2.26 bits per heavy atom. The lowest BCUT2D eigenvalue weighted by atomic mass is 9.49. The van der Waals surface area contributed by atoms with Gasteiger partial charge in [-0.05, 0) is 75.3 Å². The zero-order valence-corrected chi connectivity index (χ0v) is 11.9. The zero-order chi connectivity index (χ0) is 13.0. The molecular weight excluding hydrogens is 234 g/mol. The van der Waals surface area contributed by atoms with Crippen LogP contribution in [0.4, 0.5) is 0 Å². The van der Waals surface area contributed by atoms with E-state index in [1.807, 2.05) is 6.92 Å². The fraction of sp³-hybridized carbons (Fsp3) is 0.765. The Labute approximate surface area is 115 Å². The molecule has 0 spiro atoms. The largest absolute Gasteiger partial charge is 0.465 e. The molecule has 4 bridgehead atoms. The molecule has 1 aromatic heterocycles. The van der Waals surface area contributed by atoms with Gasteiger partial charge in [-0.3, -0.25) is 0 Å². The molecule has 4 aliphatic carbocycles. The molecular formula is C17H25NO. The highest BCUT2D eigenvalue weighted by Crippen LogP contribution is 2.60. The lowest BCUT2D eigenvalue weighted by molar-refractivity contribution is -0.0156. The Hall–Kier alpha value is -0.760. The number of hydrogen-bond donors (Lipinski definition) is 1. The molecule has 1 aromatic rings. The molecule has 0 saturated heterocycles. The van der Waals surface area contributed by atoms with E-state index in [-0.39, 0.29) is 6.04 Å². The summed E-state index contributed by atoms with van der Waals surface area (Å²) in [5, 5.41) is 0. The van der Waals surface area contributed by atoms with E-state index in [9.17, 15) is 0 Å². The van der Waals surface area contributed by atoms with Crippen LogP contribution in [0, 0.1) is 17.8 Å². The summed E-state index contributed by atoms with van der Waals surface area (Å²) in [5.74, 6) is 5.30. The van der Waals surface area contributed by atoms with Crippen molar-refractivity contribution in [3.05, 3.63) is 23.7 Å². The average molecular weight is 259 g/mol. The van der Waals surface area contributed by atoms with Crippen LogP contribution in [0.3, 0.4) is 0 Å². The first-order valence-electron chi connectivity index (χ1n) is 7.98. The second-order valence-corrected chi connectivity index (χ2v) is 7.65. The summed E-state index contributed by atoms with van der Waals surface area (Å²) < 4.78 is 6.20. The monoisotopic (exact) mass is 259 g/mol. The lowest BCUT2D eigenvalue weighted by Crippen LogP contribution is -2.48. The summed E-state index contributed by atoms with van der Waals surface area (Å²) in [6.07, 6.45) is 9.48. The number of nitrogens with two attached hydrogens (primary N) is 1. The molecule has 4 aliphatic rings. The molecule has 2 nitrogen and oxygen atoms in total. The van der Waals surface area contributed by atoms with Crippen molar-refractivity contribution in [3.8, 4) is 0 Å². The van der Waals surface area contributed by atoms with Crippen LogP contribution < -0.4 is 5.73 Å². The first-order valence-corrected chi connectivity index (χ1v) is 7.98. The summed E-state index contributed by atoms with van der Waals surface area (Å²) >= 11 is 0. The molecule has 1 heterocycles. The maximum Gasteiger partial charge on any atom is 0.110 e. The Kier molecular flexibility index (Phi) is 2.60. The van der Waals surface area contributed by atoms with Crippen LogP contribution in [0.15, 0.2) is 16.5 Å². The molecule has 5 rings (SSSR count). The number of hydrogen-bond acceptors (Lipinski definition) is 2. The van der Waals surface area contributed by atoms with Crippen LogP contribution in [-0.2, 0) is 11.8 Å². The summed E-state index contributed by atoms with van der Waals surface area (Å²) in [5.41, 5.74) is 6.27. The van der Waals surface area contributed by atoms with E-state index in [0.717, 1.165) is 29.9 Å². The van der Waals surface area contributed by atoms with Gasteiger partial charge in [-0.2, -0.15) is 0 Å². The molecule has 0 amide bonds. The van der Waals surface area contributed by atoms with E-state index in [0.29, 0.717) is 5.41 Å². The van der Waals surface area contributed by atoms with Gasteiger partial charge in [0, 0.05) is 17.9 Å². The molecule has 0 radical (unpaired) electrons. The number of furan rings is 1. The molecule has 2 heteroatoms. The molecule has 1 unspecified atom stereocenters. The topological polar surface area (TPSA) is 39.2 Å². The predicted molar refractivity (Wildman–Crippen MR) is 75.9 cm³/mol. The van der Waals surface area contributed by atoms with Crippen molar-refractivity contribution >= 4 is 0 Å². The van der Waals surface area contributed by atoms with Crippen molar-refractivity contribution < 1.29 is 4.42 Å². The summed E-state index contributed by atoms with van der Waals surface area (Å²) in [6.45, 7) is 2.05. The maximum atomic E-state index is 6.20. The molecule has 0 aromatic carbocycles. The van der Waals surface area contributed by atoms with Crippen LogP contribution >= 0.6 is 0 Å². The molecule has 0 aliphatic heterocycles. The first-order chi connectivity index (χ1) is 9.13. The SMILES string of the molecule is CC(N)Cc1ccc(C23CC4CC(CC(C4)C2)C3)o1.